The summed E-state index contributed by atoms with van der Waals surface area (Å²) in [6.07, 6.45) is -1.29. The average Bonchev–Trinajstić information content (AvgIpc) is 2.41. The molecule has 0 fully saturated rings. The molecule has 1 rings (SSSR count). The van der Waals surface area contributed by atoms with Gasteiger partial charge in [-0.1, -0.05) is 0 Å². The lowest BCUT2D eigenvalue weighted by molar-refractivity contribution is 0.105. The Bertz CT molecular complexity index is 578. The van der Waals surface area contributed by atoms with Crippen LogP contribution in [0.5, 0.6) is 0 Å². The van der Waals surface area contributed by atoms with Gasteiger partial charge in [-0.05, 0) is 0 Å². The van der Waals surface area contributed by atoms with Crippen molar-refractivity contribution < 1.29 is 23.4 Å². The molecule has 0 aliphatic rings. The second-order valence-electron chi connectivity index (χ2n) is 3.51. The fourth-order valence-corrected chi connectivity index (χ4v) is 1.31. The van der Waals surface area contributed by atoms with Crippen LogP contribution in [-0.4, -0.2) is 29.5 Å². The van der Waals surface area contributed by atoms with Crippen molar-refractivity contribution in [2.75, 3.05) is 18.5 Å². The maximum Gasteiger partial charge on any atom is 0.181 e. The van der Waals surface area contributed by atoms with E-state index < -0.39 is 53.5 Å². The van der Waals surface area contributed by atoms with Crippen LogP contribution in [0, 0.1) is 40.1 Å². The van der Waals surface area contributed by atoms with E-state index in [-0.39, 0.29) is 0 Å². The van der Waals surface area contributed by atoms with E-state index in [1.54, 1.807) is 0 Å². The Kier molecular flexibility index (Phi) is 4.70. The summed E-state index contributed by atoms with van der Waals surface area (Å²) >= 11 is 0. The van der Waals surface area contributed by atoms with Crippen LogP contribution >= 0.6 is 0 Å². The molecule has 1 aromatic carbocycles. The van der Waals surface area contributed by atoms with Crippen molar-refractivity contribution in [2.24, 2.45) is 0 Å². The van der Waals surface area contributed by atoms with Gasteiger partial charge in [0, 0.05) is 6.54 Å². The molecular weight excluding hydrogens is 263 g/mol. The number of benzene rings is 1. The molecule has 0 saturated carbocycles. The van der Waals surface area contributed by atoms with E-state index in [4.69, 9.17) is 20.7 Å². The zero-order chi connectivity index (χ0) is 14.6. The van der Waals surface area contributed by atoms with Gasteiger partial charge in [-0.3, -0.25) is 0 Å². The first-order valence-electron chi connectivity index (χ1n) is 5.01. The van der Waals surface area contributed by atoms with Crippen molar-refractivity contribution in [3.63, 3.8) is 0 Å². The molecule has 0 aromatic heterocycles. The number of hydrogen-bond donors (Lipinski definition) is 3. The maximum atomic E-state index is 13.7. The van der Waals surface area contributed by atoms with Crippen LogP contribution in [0.4, 0.5) is 18.9 Å². The maximum absolute atomic E-state index is 13.7. The van der Waals surface area contributed by atoms with Crippen LogP contribution in [0.2, 0.25) is 0 Å². The summed E-state index contributed by atoms with van der Waals surface area (Å²) in [5.41, 5.74) is -2.85. The third-order valence-corrected chi connectivity index (χ3v) is 2.27. The van der Waals surface area contributed by atoms with Crippen molar-refractivity contribution in [3.8, 4) is 12.1 Å². The van der Waals surface area contributed by atoms with Crippen LogP contribution in [-0.2, 0) is 0 Å². The predicted molar refractivity (Wildman–Crippen MR) is 57.3 cm³/mol. The highest BCUT2D eigenvalue weighted by Gasteiger charge is 2.25. The SMILES string of the molecule is N#Cc1c(F)c(F)c(C#N)c(NCC(O)CO)c1F. The minimum absolute atomic E-state index is 0.405. The number of halogens is 3. The van der Waals surface area contributed by atoms with Gasteiger partial charge in [-0.15, -0.1) is 0 Å². The van der Waals surface area contributed by atoms with Crippen molar-refractivity contribution in [3.05, 3.63) is 28.6 Å². The zero-order valence-electron chi connectivity index (χ0n) is 9.41. The summed E-state index contributed by atoms with van der Waals surface area (Å²) in [5.74, 6) is -4.82. The summed E-state index contributed by atoms with van der Waals surface area (Å²) < 4.78 is 40.4. The number of hydrogen-bond acceptors (Lipinski definition) is 5. The van der Waals surface area contributed by atoms with Gasteiger partial charge in [0.25, 0.3) is 0 Å². The Hall–Kier alpha value is -2.29. The van der Waals surface area contributed by atoms with Crippen LogP contribution in [0.15, 0.2) is 0 Å². The molecule has 0 spiro atoms. The van der Waals surface area contributed by atoms with Crippen molar-refractivity contribution in [1.82, 2.24) is 0 Å². The van der Waals surface area contributed by atoms with Crippen LogP contribution in [0.25, 0.3) is 0 Å². The van der Waals surface area contributed by atoms with Crippen molar-refractivity contribution in [1.29, 1.82) is 10.5 Å². The molecule has 1 unspecified atom stereocenters. The predicted octanol–water partition coefficient (Wildman–Crippen LogP) is 0.612. The molecule has 5 nitrogen and oxygen atoms in total. The first-order chi connectivity index (χ1) is 8.97. The Morgan fingerprint density at radius 2 is 1.58 bits per heavy atom. The lowest BCUT2D eigenvalue weighted by Crippen LogP contribution is -2.24. The summed E-state index contributed by atoms with van der Waals surface area (Å²) in [6.45, 7) is -1.05. The van der Waals surface area contributed by atoms with Gasteiger partial charge in [0.1, 0.15) is 23.3 Å². The van der Waals surface area contributed by atoms with Crippen LogP contribution in [0.3, 0.4) is 0 Å². The molecule has 8 heteroatoms. The van der Waals surface area contributed by atoms with Gasteiger partial charge in [-0.2, -0.15) is 10.5 Å². The molecule has 0 aliphatic carbocycles. The Balaban J connectivity index is 3.34. The van der Waals surface area contributed by atoms with Crippen molar-refractivity contribution >= 4 is 5.69 Å². The monoisotopic (exact) mass is 271 g/mol. The first kappa shape index (κ1) is 14.8. The summed E-state index contributed by atoms with van der Waals surface area (Å²) in [4.78, 5) is 0. The van der Waals surface area contributed by atoms with Gasteiger partial charge in [0.05, 0.1) is 18.4 Å². The normalized spacial score (nSPS) is 11.5. The highest BCUT2D eigenvalue weighted by Crippen LogP contribution is 2.28. The Morgan fingerprint density at radius 1 is 1.05 bits per heavy atom. The number of aliphatic hydroxyl groups is 2. The molecular formula is C11H8F3N3O2. The van der Waals surface area contributed by atoms with Gasteiger partial charge in [-0.25, -0.2) is 13.2 Å². The lowest BCUT2D eigenvalue weighted by atomic mass is 10.1. The van der Waals surface area contributed by atoms with Crippen LogP contribution < -0.4 is 5.32 Å². The number of nitrogens with one attached hydrogen (secondary N) is 1. The molecule has 0 saturated heterocycles. The minimum atomic E-state index is -1.75. The molecule has 0 bridgehead atoms. The lowest BCUT2D eigenvalue weighted by Gasteiger charge is -2.14. The fourth-order valence-electron chi connectivity index (χ4n) is 1.31. The van der Waals surface area contributed by atoms with E-state index in [9.17, 15) is 13.2 Å². The molecule has 0 radical (unpaired) electrons. The summed E-state index contributed by atoms with van der Waals surface area (Å²) in [5, 5.41) is 37.0. The van der Waals surface area contributed by atoms with Gasteiger partial charge in [0.2, 0.25) is 0 Å². The number of nitriles is 2. The molecule has 100 valence electrons. The third-order valence-electron chi connectivity index (χ3n) is 2.27. The molecule has 0 aliphatic heterocycles. The quantitative estimate of drug-likeness (QED) is 0.697. The first-order valence-corrected chi connectivity index (χ1v) is 5.01. The third kappa shape index (κ3) is 2.76. The molecule has 1 atom stereocenters. The van der Waals surface area contributed by atoms with Crippen LogP contribution in [0.1, 0.15) is 11.1 Å². The molecule has 19 heavy (non-hydrogen) atoms. The van der Waals surface area contributed by atoms with E-state index in [0.29, 0.717) is 0 Å². The largest absolute Gasteiger partial charge is 0.394 e. The number of nitrogens with zero attached hydrogens (tertiary/aromatic N) is 2. The zero-order valence-corrected chi connectivity index (χ0v) is 9.41. The van der Waals surface area contributed by atoms with Gasteiger partial charge < -0.3 is 15.5 Å². The van der Waals surface area contributed by atoms with E-state index in [1.165, 1.54) is 6.07 Å². The smallest absolute Gasteiger partial charge is 0.181 e. The van der Waals surface area contributed by atoms with E-state index in [2.05, 4.69) is 5.32 Å². The van der Waals surface area contributed by atoms with E-state index in [1.807, 2.05) is 0 Å². The average molecular weight is 271 g/mol. The minimum Gasteiger partial charge on any atom is -0.394 e. The summed E-state index contributed by atoms with van der Waals surface area (Å²) in [6, 6.07) is 2.41. The van der Waals surface area contributed by atoms with E-state index in [0.717, 1.165) is 6.07 Å². The second-order valence-corrected chi connectivity index (χ2v) is 3.51. The number of rotatable bonds is 4. The number of aliphatic hydroxyl groups excluding tert-OH is 2. The molecule has 3 N–H and O–H groups in total. The standard InChI is InChI=1S/C11H8F3N3O2/c12-8-6(1-15)10(14)11(7(2-16)9(8)13)17-3-5(19)4-18/h5,17-19H,3-4H2. The number of anilines is 1. The Morgan fingerprint density at radius 3 is 2.05 bits per heavy atom. The molecule has 1 aromatic rings. The molecule has 0 amide bonds. The molecule has 0 heterocycles. The highest BCUT2D eigenvalue weighted by molar-refractivity contribution is 5.63. The van der Waals surface area contributed by atoms with Gasteiger partial charge in [0.15, 0.2) is 17.5 Å². The highest BCUT2D eigenvalue weighted by atomic mass is 19.2. The second kappa shape index (κ2) is 6.05. The van der Waals surface area contributed by atoms with Gasteiger partial charge >= 0.3 is 0 Å². The fraction of sp³-hybridized carbons (Fsp3) is 0.273. The summed E-state index contributed by atoms with van der Waals surface area (Å²) in [7, 11) is 0. The van der Waals surface area contributed by atoms with E-state index >= 15 is 0 Å². The topological polar surface area (TPSA) is 100 Å². The van der Waals surface area contributed by atoms with Crippen molar-refractivity contribution in [2.45, 2.75) is 6.10 Å². The Labute approximate surface area is 106 Å².